The first-order valence-corrected chi connectivity index (χ1v) is 12.0. The smallest absolute Gasteiger partial charge is 0.236 e. The van der Waals surface area contributed by atoms with Crippen LogP contribution in [0.25, 0.3) is 0 Å². The molecule has 1 saturated heterocycles. The molecule has 1 heterocycles. The van der Waals surface area contributed by atoms with Gasteiger partial charge in [-0.15, -0.1) is 0 Å². The second-order valence-electron chi connectivity index (χ2n) is 11.0. The number of nitrogens with zero attached hydrogens (tertiary/aromatic N) is 1. The van der Waals surface area contributed by atoms with Crippen LogP contribution in [0.5, 0.6) is 0 Å². The van der Waals surface area contributed by atoms with Crippen LogP contribution in [0, 0.1) is 45.8 Å². The maximum absolute atomic E-state index is 13.1. The lowest BCUT2D eigenvalue weighted by atomic mass is 9.47. The topological polar surface area (TPSA) is 82.0 Å². The molecule has 1 aromatic carbocycles. The van der Waals surface area contributed by atoms with Crippen LogP contribution in [-0.4, -0.2) is 17.9 Å². The van der Waals surface area contributed by atoms with E-state index in [0.29, 0.717) is 29.0 Å². The number of fused-ring (bicyclic) bond motifs is 5. The molecule has 5 rings (SSSR count). The van der Waals surface area contributed by atoms with E-state index in [0.717, 1.165) is 18.3 Å². The summed E-state index contributed by atoms with van der Waals surface area (Å²) in [5.41, 5.74) is 1.54. The summed E-state index contributed by atoms with van der Waals surface area (Å²) in [5.74, 6) is 1.05. The van der Waals surface area contributed by atoms with Gasteiger partial charge < -0.3 is 10.6 Å². The van der Waals surface area contributed by atoms with E-state index in [1.807, 2.05) is 0 Å². The molecule has 3 aliphatic carbocycles. The number of anilines is 1. The van der Waals surface area contributed by atoms with Crippen LogP contribution in [0.15, 0.2) is 24.3 Å². The molecule has 5 heteroatoms. The highest BCUT2D eigenvalue weighted by Crippen LogP contribution is 2.64. The minimum atomic E-state index is -0.678. The molecule has 7 atom stereocenters. The minimum Gasteiger partial charge on any atom is -0.352 e. The average Bonchev–Trinajstić information content (AvgIpc) is 3.15. The fourth-order valence-corrected chi connectivity index (χ4v) is 7.89. The lowest BCUT2D eigenvalue weighted by Crippen LogP contribution is -2.64. The van der Waals surface area contributed by atoms with Crippen LogP contribution in [-0.2, 0) is 9.59 Å². The molecule has 2 amide bonds. The van der Waals surface area contributed by atoms with Gasteiger partial charge in [0.25, 0.3) is 0 Å². The maximum Gasteiger partial charge on any atom is 0.236 e. The van der Waals surface area contributed by atoms with E-state index in [2.05, 4.69) is 30.6 Å². The van der Waals surface area contributed by atoms with E-state index in [4.69, 9.17) is 5.26 Å². The van der Waals surface area contributed by atoms with Gasteiger partial charge in [0.2, 0.25) is 11.8 Å². The average molecular weight is 420 g/mol. The van der Waals surface area contributed by atoms with Gasteiger partial charge in [0, 0.05) is 11.7 Å². The van der Waals surface area contributed by atoms with Crippen LogP contribution >= 0.6 is 0 Å². The molecule has 5 nitrogen and oxygen atoms in total. The standard InChI is InChI=1S/C26H33N3O2/c1-25-11-4-7-20(25)18-8-9-22-26(2,21(18)10-12-25)14-19(24(31)29-22)23(30)28-17-6-3-5-16(13-17)15-27/h3,5-6,13,18-22H,4,7-12,14H2,1-2H3,(H,28,30)(H,29,31)/t18-,19?,20-,21+,22?,25-,26+/m0/s1. The molecule has 31 heavy (non-hydrogen) atoms. The summed E-state index contributed by atoms with van der Waals surface area (Å²) < 4.78 is 0. The van der Waals surface area contributed by atoms with Crippen LogP contribution in [0.2, 0.25) is 0 Å². The molecule has 2 N–H and O–H groups in total. The number of hydrogen-bond donors (Lipinski definition) is 2. The molecule has 0 spiro atoms. The number of nitrogens with one attached hydrogen (secondary N) is 2. The zero-order valence-electron chi connectivity index (χ0n) is 18.6. The highest BCUT2D eigenvalue weighted by Gasteiger charge is 2.59. The summed E-state index contributed by atoms with van der Waals surface area (Å²) in [5, 5.41) is 15.3. The van der Waals surface area contributed by atoms with Crippen molar-refractivity contribution in [1.82, 2.24) is 5.32 Å². The number of amides is 2. The van der Waals surface area contributed by atoms with Crippen molar-refractivity contribution in [3.63, 3.8) is 0 Å². The van der Waals surface area contributed by atoms with Crippen molar-refractivity contribution >= 4 is 17.5 Å². The van der Waals surface area contributed by atoms with Crippen LogP contribution in [0.4, 0.5) is 5.69 Å². The lowest BCUT2D eigenvalue weighted by molar-refractivity contribution is -0.148. The van der Waals surface area contributed by atoms with Gasteiger partial charge in [0.05, 0.1) is 11.6 Å². The van der Waals surface area contributed by atoms with Crippen molar-refractivity contribution in [2.24, 2.45) is 34.5 Å². The highest BCUT2D eigenvalue weighted by atomic mass is 16.2. The van der Waals surface area contributed by atoms with Gasteiger partial charge in [-0.3, -0.25) is 9.59 Å². The van der Waals surface area contributed by atoms with Gasteiger partial charge in [-0.05, 0) is 91.7 Å². The number of carbonyl (C=O) groups is 2. The molecular weight excluding hydrogens is 386 g/mol. The van der Waals surface area contributed by atoms with Gasteiger partial charge in [0.1, 0.15) is 5.92 Å². The van der Waals surface area contributed by atoms with Gasteiger partial charge in [-0.1, -0.05) is 26.3 Å². The van der Waals surface area contributed by atoms with Gasteiger partial charge >= 0.3 is 0 Å². The third-order valence-corrected chi connectivity index (χ3v) is 9.50. The van der Waals surface area contributed by atoms with Gasteiger partial charge in [0.15, 0.2) is 0 Å². The van der Waals surface area contributed by atoms with E-state index in [-0.39, 0.29) is 23.3 Å². The molecular formula is C26H33N3O2. The zero-order valence-corrected chi connectivity index (χ0v) is 18.6. The van der Waals surface area contributed by atoms with Gasteiger partial charge in [-0.2, -0.15) is 5.26 Å². The quantitative estimate of drug-likeness (QED) is 0.686. The van der Waals surface area contributed by atoms with Crippen molar-refractivity contribution in [3.8, 4) is 6.07 Å². The van der Waals surface area contributed by atoms with E-state index < -0.39 is 5.92 Å². The zero-order chi connectivity index (χ0) is 21.8. The molecule has 2 unspecified atom stereocenters. The first kappa shape index (κ1) is 20.5. The van der Waals surface area contributed by atoms with Crippen molar-refractivity contribution in [1.29, 1.82) is 5.26 Å². The van der Waals surface area contributed by atoms with Crippen molar-refractivity contribution in [2.75, 3.05) is 5.32 Å². The van der Waals surface area contributed by atoms with Crippen LogP contribution in [0.1, 0.15) is 70.8 Å². The highest BCUT2D eigenvalue weighted by molar-refractivity contribution is 6.07. The van der Waals surface area contributed by atoms with Crippen LogP contribution < -0.4 is 10.6 Å². The Morgan fingerprint density at radius 1 is 1.16 bits per heavy atom. The monoisotopic (exact) mass is 419 g/mol. The number of nitriles is 1. The summed E-state index contributed by atoms with van der Waals surface area (Å²) >= 11 is 0. The largest absolute Gasteiger partial charge is 0.352 e. The number of rotatable bonds is 2. The Kier molecular flexibility index (Phi) is 4.88. The Morgan fingerprint density at radius 3 is 2.81 bits per heavy atom. The predicted octanol–water partition coefficient (Wildman–Crippen LogP) is 4.63. The molecule has 0 aromatic heterocycles. The first-order valence-electron chi connectivity index (χ1n) is 12.0. The molecule has 0 radical (unpaired) electrons. The first-order chi connectivity index (χ1) is 14.8. The fraction of sp³-hybridized carbons (Fsp3) is 0.654. The Hall–Kier alpha value is -2.35. The third-order valence-electron chi connectivity index (χ3n) is 9.50. The van der Waals surface area contributed by atoms with Crippen molar-refractivity contribution in [2.45, 2.75) is 71.3 Å². The van der Waals surface area contributed by atoms with Crippen molar-refractivity contribution in [3.05, 3.63) is 29.8 Å². The Balaban J connectivity index is 1.37. The molecule has 3 saturated carbocycles. The minimum absolute atomic E-state index is 0.0305. The Labute approximate surface area is 185 Å². The summed E-state index contributed by atoms with van der Waals surface area (Å²) in [7, 11) is 0. The molecule has 4 aliphatic rings. The second kappa shape index (κ2) is 7.36. The number of hydrogen-bond acceptors (Lipinski definition) is 3. The van der Waals surface area contributed by atoms with E-state index in [9.17, 15) is 9.59 Å². The summed E-state index contributed by atoms with van der Waals surface area (Å²) in [6, 6.07) is 9.15. The molecule has 164 valence electrons. The van der Waals surface area contributed by atoms with Crippen molar-refractivity contribution < 1.29 is 9.59 Å². The molecule has 1 aromatic rings. The number of benzene rings is 1. The maximum atomic E-state index is 13.1. The summed E-state index contributed by atoms with van der Waals surface area (Å²) in [4.78, 5) is 26.0. The number of piperidine rings is 1. The third kappa shape index (κ3) is 3.26. The van der Waals surface area contributed by atoms with Gasteiger partial charge in [-0.25, -0.2) is 0 Å². The summed E-state index contributed by atoms with van der Waals surface area (Å²) in [6.45, 7) is 4.84. The van der Waals surface area contributed by atoms with E-state index >= 15 is 0 Å². The van der Waals surface area contributed by atoms with E-state index in [1.54, 1.807) is 24.3 Å². The number of carbonyl (C=O) groups excluding carboxylic acids is 2. The fourth-order valence-electron chi connectivity index (χ4n) is 7.89. The van der Waals surface area contributed by atoms with E-state index in [1.165, 1.54) is 38.5 Å². The molecule has 1 aliphatic heterocycles. The molecule has 0 bridgehead atoms. The Bertz CT molecular complexity index is 952. The SMILES string of the molecule is C[C@@]12CCC[C@H]1[C@@H]1CCC3NC(=O)C(C(=O)Nc4cccc(C#N)c4)C[C@]3(C)[C@@H]1CC2. The normalized spacial score (nSPS) is 41.2. The lowest BCUT2D eigenvalue weighted by Gasteiger charge is -2.60. The van der Waals surface area contributed by atoms with Crippen LogP contribution in [0.3, 0.4) is 0 Å². The molecule has 4 fully saturated rings. The predicted molar refractivity (Wildman–Crippen MR) is 119 cm³/mol. The summed E-state index contributed by atoms with van der Waals surface area (Å²) in [6.07, 6.45) is 9.45. The Morgan fingerprint density at radius 2 is 2.00 bits per heavy atom. The second-order valence-corrected chi connectivity index (χ2v) is 11.0.